The lowest BCUT2D eigenvalue weighted by atomic mass is 10.8. The van der Waals surface area contributed by atoms with Gasteiger partial charge in [-0.15, -0.1) is 0 Å². The summed E-state index contributed by atoms with van der Waals surface area (Å²) >= 11 is 0. The van der Waals surface area contributed by atoms with E-state index in [0.717, 1.165) is 21.6 Å². The Morgan fingerprint density at radius 1 is 1.25 bits per heavy atom. The molecular weight excluding hydrogens is 140 g/mol. The molecule has 0 aliphatic carbocycles. The van der Waals surface area contributed by atoms with Gasteiger partial charge in [0.05, 0.1) is 0 Å². The Labute approximate surface area is 65.2 Å². The van der Waals surface area contributed by atoms with E-state index in [1.807, 2.05) is 0 Å². The van der Waals surface area contributed by atoms with Crippen molar-refractivity contribution in [3.63, 3.8) is 0 Å². The number of rotatable bonds is 5. The molecule has 0 fully saturated rings. The maximum Gasteiger partial charge on any atom is 0.0434 e. The van der Waals surface area contributed by atoms with Gasteiger partial charge in [-0.3, -0.25) is 0 Å². The molecule has 0 radical (unpaired) electrons. The van der Waals surface area contributed by atoms with Crippen LogP contribution in [0.3, 0.4) is 0 Å². The molecule has 4 N–H and O–H groups in total. The van der Waals surface area contributed by atoms with Gasteiger partial charge in [-0.05, 0) is 0 Å². The minimum absolute atomic E-state index is 0.816. The van der Waals surface area contributed by atoms with E-state index in [9.17, 15) is 0 Å². The van der Waals surface area contributed by atoms with E-state index < -0.39 is 24.5 Å². The van der Waals surface area contributed by atoms with E-state index >= 15 is 0 Å². The molecule has 0 aliphatic heterocycles. The maximum absolute atomic E-state index is 7.21. The molecule has 2 nitrogen and oxygen atoms in total. The van der Waals surface area contributed by atoms with Gasteiger partial charge in [0, 0.05) is 31.3 Å². The van der Waals surface area contributed by atoms with Crippen molar-refractivity contribution < 1.29 is 6.85 Å². The summed E-state index contributed by atoms with van der Waals surface area (Å²) in [6.07, 6.45) is 0. The van der Waals surface area contributed by atoms with Crippen molar-refractivity contribution in [2.75, 3.05) is 24.5 Å². The highest BCUT2D eigenvalue weighted by atomic mass is 33.1. The van der Waals surface area contributed by atoms with Crippen molar-refractivity contribution >= 4 is 21.6 Å². The molecule has 0 amide bonds. The molecule has 0 heterocycles. The summed E-state index contributed by atoms with van der Waals surface area (Å²) in [5.41, 5.74) is 8.04. The van der Waals surface area contributed by atoms with Gasteiger partial charge in [0.1, 0.15) is 0 Å². The van der Waals surface area contributed by atoms with Gasteiger partial charge in [-0.2, -0.15) is 0 Å². The van der Waals surface area contributed by atoms with Crippen LogP contribution in [0.1, 0.15) is 6.85 Å². The second-order valence-electron chi connectivity index (χ2n) is 0.806. The SMILES string of the molecule is [2H]C(N)C([2H])SSC([2H])C([2H])([2H])N. The zero-order chi connectivity index (χ0) is 10.6. The molecule has 0 aromatic carbocycles. The van der Waals surface area contributed by atoms with Crippen LogP contribution in [0, 0.1) is 0 Å². The molecule has 50 valence electrons. The van der Waals surface area contributed by atoms with Gasteiger partial charge >= 0.3 is 0 Å². The summed E-state index contributed by atoms with van der Waals surface area (Å²) in [6, 6.07) is 0. The van der Waals surface area contributed by atoms with E-state index in [0.29, 0.717) is 0 Å². The van der Waals surface area contributed by atoms with Crippen LogP contribution in [0.2, 0.25) is 0 Å². The van der Waals surface area contributed by atoms with E-state index in [-0.39, 0.29) is 0 Å². The first-order chi connectivity index (χ1) is 5.75. The first-order valence-electron chi connectivity index (χ1n) is 4.61. The highest BCUT2D eigenvalue weighted by Crippen LogP contribution is 2.18. The minimum atomic E-state index is -2.09. The third-order valence-corrected chi connectivity index (χ3v) is 1.87. The van der Waals surface area contributed by atoms with Gasteiger partial charge in [-0.25, -0.2) is 0 Å². The molecule has 0 saturated carbocycles. The monoisotopic (exact) mass is 157 g/mol. The molecule has 0 saturated heterocycles. The zero-order valence-electron chi connectivity index (χ0n) is 9.20. The van der Waals surface area contributed by atoms with Crippen molar-refractivity contribution in [1.82, 2.24) is 0 Å². The normalized spacial score (nSPS) is 32.5. The molecule has 3 atom stereocenters. The first-order valence-corrected chi connectivity index (χ1v) is 4.16. The van der Waals surface area contributed by atoms with Crippen LogP contribution in [0.5, 0.6) is 0 Å². The lowest BCUT2D eigenvalue weighted by molar-refractivity contribution is 1.15. The summed E-state index contributed by atoms with van der Waals surface area (Å²) in [5.74, 6) is 0. The van der Waals surface area contributed by atoms with Gasteiger partial charge in [0.15, 0.2) is 0 Å². The molecular formula is C4H12N2S2. The van der Waals surface area contributed by atoms with Crippen molar-refractivity contribution in [2.45, 2.75) is 0 Å². The van der Waals surface area contributed by atoms with Crippen molar-refractivity contribution in [3.8, 4) is 0 Å². The third kappa shape index (κ3) is 6.62. The highest BCUT2D eigenvalue weighted by molar-refractivity contribution is 8.76. The van der Waals surface area contributed by atoms with Crippen LogP contribution < -0.4 is 11.5 Å². The fourth-order valence-corrected chi connectivity index (χ4v) is 1.08. The van der Waals surface area contributed by atoms with Crippen molar-refractivity contribution in [2.24, 2.45) is 11.5 Å². The smallest absolute Gasteiger partial charge is 0.0434 e. The standard InChI is InChI=1S/C4H12N2S2/c5-1-3-7-8-4-2-6/h1-6H2/i1D,2D2,3D,4D. The van der Waals surface area contributed by atoms with Crippen LogP contribution in [0.4, 0.5) is 0 Å². The molecule has 0 aromatic rings. The van der Waals surface area contributed by atoms with Crippen molar-refractivity contribution in [3.05, 3.63) is 0 Å². The van der Waals surface area contributed by atoms with E-state index in [1.165, 1.54) is 0 Å². The second-order valence-corrected chi connectivity index (χ2v) is 2.85. The Bertz CT molecular complexity index is 152. The van der Waals surface area contributed by atoms with Crippen LogP contribution in [-0.4, -0.2) is 24.5 Å². The lowest BCUT2D eigenvalue weighted by Gasteiger charge is -1.93. The van der Waals surface area contributed by atoms with Crippen molar-refractivity contribution in [1.29, 1.82) is 0 Å². The van der Waals surface area contributed by atoms with Gasteiger partial charge in [0.25, 0.3) is 0 Å². The number of hydrogen-bond acceptors (Lipinski definition) is 4. The molecule has 0 rings (SSSR count). The van der Waals surface area contributed by atoms with E-state index in [1.54, 1.807) is 0 Å². The largest absolute Gasteiger partial charge is 0.330 e. The summed E-state index contributed by atoms with van der Waals surface area (Å²) in [4.78, 5) is 0. The Hall–Kier alpha value is 0.620. The Balaban J connectivity index is 3.77. The molecule has 0 aromatic heterocycles. The fraction of sp³-hybridized carbons (Fsp3) is 1.00. The fourth-order valence-electron chi connectivity index (χ4n) is 0.120. The minimum Gasteiger partial charge on any atom is -0.330 e. The van der Waals surface area contributed by atoms with Gasteiger partial charge < -0.3 is 11.5 Å². The van der Waals surface area contributed by atoms with E-state index in [4.69, 9.17) is 18.3 Å². The summed E-state index contributed by atoms with van der Waals surface area (Å²) in [7, 11) is 1.70. The predicted octanol–water partition coefficient (Wildman–Crippen LogP) is 0.285. The molecule has 0 aliphatic rings. The predicted molar refractivity (Wildman–Crippen MR) is 43.0 cm³/mol. The maximum atomic E-state index is 7.21. The summed E-state index contributed by atoms with van der Waals surface area (Å²) in [5, 5.41) is 0. The quantitative estimate of drug-likeness (QED) is 0.563. The van der Waals surface area contributed by atoms with Gasteiger partial charge in [0.2, 0.25) is 0 Å². The molecule has 0 spiro atoms. The van der Waals surface area contributed by atoms with Crippen LogP contribution in [-0.2, 0) is 0 Å². The first kappa shape index (κ1) is 3.14. The highest BCUT2D eigenvalue weighted by Gasteiger charge is 1.84. The average Bonchev–Trinajstić information content (AvgIpc) is 1.97. The molecule has 8 heavy (non-hydrogen) atoms. The zero-order valence-corrected chi connectivity index (χ0v) is 5.84. The Kier molecular flexibility index (Phi) is 2.99. The Morgan fingerprint density at radius 3 is 2.38 bits per heavy atom. The molecule has 4 heteroatoms. The second kappa shape index (κ2) is 7.62. The van der Waals surface area contributed by atoms with Crippen LogP contribution in [0.15, 0.2) is 0 Å². The summed E-state index contributed by atoms with van der Waals surface area (Å²) in [6.45, 7) is -3.14. The van der Waals surface area contributed by atoms with Crippen LogP contribution >= 0.6 is 21.6 Å². The Morgan fingerprint density at radius 2 is 1.88 bits per heavy atom. The topological polar surface area (TPSA) is 52.0 Å². The van der Waals surface area contributed by atoms with Gasteiger partial charge in [-0.1, -0.05) is 21.6 Å². The third-order valence-electron chi connectivity index (χ3n) is 0.306. The average molecular weight is 157 g/mol. The molecule has 3 unspecified atom stereocenters. The summed E-state index contributed by atoms with van der Waals surface area (Å²) < 4.78 is 35.3. The van der Waals surface area contributed by atoms with Crippen LogP contribution in [0.25, 0.3) is 0 Å². The number of nitrogens with two attached hydrogens (primary N) is 2. The lowest BCUT2D eigenvalue weighted by Crippen LogP contribution is -2.02. The number of hydrogen-bond donors (Lipinski definition) is 2. The van der Waals surface area contributed by atoms with E-state index in [2.05, 4.69) is 0 Å². The molecule has 0 bridgehead atoms.